The number of hydrogen-bond donors (Lipinski definition) is 2. The molecule has 1 aliphatic heterocycles. The summed E-state index contributed by atoms with van der Waals surface area (Å²) in [4.78, 5) is 30.9. The van der Waals surface area contributed by atoms with Crippen molar-refractivity contribution in [2.45, 2.75) is 26.2 Å². The van der Waals surface area contributed by atoms with Crippen LogP contribution < -0.4 is 11.1 Å². The summed E-state index contributed by atoms with van der Waals surface area (Å²) in [7, 11) is 0. The van der Waals surface area contributed by atoms with E-state index >= 15 is 0 Å². The van der Waals surface area contributed by atoms with Gasteiger partial charge in [0.15, 0.2) is 0 Å². The van der Waals surface area contributed by atoms with Gasteiger partial charge < -0.3 is 16.0 Å². The van der Waals surface area contributed by atoms with Crippen LogP contribution in [0.25, 0.3) is 0 Å². The van der Waals surface area contributed by atoms with Crippen molar-refractivity contribution < 1.29 is 9.59 Å². The van der Waals surface area contributed by atoms with Gasteiger partial charge in [0.1, 0.15) is 5.69 Å². The minimum Gasteiger partial charge on any atom is -0.339 e. The molecule has 2 amide bonds. The largest absolute Gasteiger partial charge is 0.339 e. The van der Waals surface area contributed by atoms with Gasteiger partial charge in [0.25, 0.3) is 11.8 Å². The first-order valence-electron chi connectivity index (χ1n) is 8.44. The third-order valence-corrected chi connectivity index (χ3v) is 5.17. The van der Waals surface area contributed by atoms with E-state index in [1.807, 2.05) is 17.9 Å². The molecule has 7 heteroatoms. The fraction of sp³-hybridized carbons (Fsp3) is 0.389. The molecule has 1 aliphatic rings. The number of anilines is 1. The number of aromatic nitrogens is 1. The maximum atomic E-state index is 12.4. The van der Waals surface area contributed by atoms with Gasteiger partial charge in [0.05, 0.1) is 5.01 Å². The molecule has 2 aromatic rings. The van der Waals surface area contributed by atoms with E-state index in [1.165, 1.54) is 11.3 Å². The Balaban J connectivity index is 1.70. The Bertz CT molecular complexity index is 781. The van der Waals surface area contributed by atoms with E-state index in [2.05, 4.69) is 10.3 Å². The summed E-state index contributed by atoms with van der Waals surface area (Å²) >= 11 is 1.44. The molecule has 0 bridgehead atoms. The Morgan fingerprint density at radius 3 is 2.76 bits per heavy atom. The topological polar surface area (TPSA) is 88.3 Å². The first-order valence-corrected chi connectivity index (χ1v) is 9.32. The van der Waals surface area contributed by atoms with Crippen LogP contribution in [-0.2, 0) is 6.42 Å². The minimum absolute atomic E-state index is 0.0596. The van der Waals surface area contributed by atoms with Crippen LogP contribution in [0.5, 0.6) is 0 Å². The standard InChI is InChI=1S/C18H22N4O2S/c1-12-10-13(18(24)22-8-2-3-9-22)4-5-14(12)21-17(23)15-11-25-16(20-15)6-7-19/h4-5,10-11H,2-3,6-9,19H2,1H3,(H,21,23). The van der Waals surface area contributed by atoms with Crippen LogP contribution in [0.3, 0.4) is 0 Å². The van der Waals surface area contributed by atoms with Crippen molar-refractivity contribution in [1.82, 2.24) is 9.88 Å². The lowest BCUT2D eigenvalue weighted by Gasteiger charge is -2.16. The summed E-state index contributed by atoms with van der Waals surface area (Å²) in [5.41, 5.74) is 8.11. The zero-order valence-corrected chi connectivity index (χ0v) is 15.1. The van der Waals surface area contributed by atoms with Crippen molar-refractivity contribution in [2.24, 2.45) is 5.73 Å². The predicted molar refractivity (Wildman–Crippen MR) is 99.1 cm³/mol. The predicted octanol–water partition coefficient (Wildman–Crippen LogP) is 2.44. The number of amides is 2. The van der Waals surface area contributed by atoms with E-state index in [-0.39, 0.29) is 11.8 Å². The number of hydrogen-bond acceptors (Lipinski definition) is 5. The van der Waals surface area contributed by atoms with E-state index in [9.17, 15) is 9.59 Å². The van der Waals surface area contributed by atoms with Crippen LogP contribution in [0, 0.1) is 6.92 Å². The third kappa shape index (κ3) is 4.05. The summed E-state index contributed by atoms with van der Waals surface area (Å²) in [6, 6.07) is 5.38. The van der Waals surface area contributed by atoms with E-state index in [4.69, 9.17) is 5.73 Å². The molecule has 0 unspecified atom stereocenters. The van der Waals surface area contributed by atoms with Crippen LogP contribution in [0.15, 0.2) is 23.6 Å². The fourth-order valence-electron chi connectivity index (χ4n) is 2.88. The Morgan fingerprint density at radius 1 is 1.32 bits per heavy atom. The van der Waals surface area contributed by atoms with Crippen LogP contribution in [0.2, 0.25) is 0 Å². The quantitative estimate of drug-likeness (QED) is 0.859. The lowest BCUT2D eigenvalue weighted by molar-refractivity contribution is 0.0792. The molecule has 0 atom stereocenters. The van der Waals surface area contributed by atoms with Crippen molar-refractivity contribution >= 4 is 28.8 Å². The molecule has 3 N–H and O–H groups in total. The number of aryl methyl sites for hydroxylation is 1. The summed E-state index contributed by atoms with van der Waals surface area (Å²) in [6.45, 7) is 4.05. The number of nitrogens with zero attached hydrogens (tertiary/aromatic N) is 2. The zero-order valence-electron chi connectivity index (χ0n) is 14.2. The van der Waals surface area contributed by atoms with Crippen molar-refractivity contribution in [1.29, 1.82) is 0 Å². The highest BCUT2D eigenvalue weighted by Gasteiger charge is 2.20. The SMILES string of the molecule is Cc1cc(C(=O)N2CCCC2)ccc1NC(=O)c1csc(CCN)n1. The number of nitrogens with one attached hydrogen (secondary N) is 1. The number of rotatable bonds is 5. The molecule has 3 rings (SSSR count). The van der Waals surface area contributed by atoms with E-state index in [0.717, 1.165) is 36.5 Å². The summed E-state index contributed by atoms with van der Waals surface area (Å²) in [6.07, 6.45) is 2.81. The monoisotopic (exact) mass is 358 g/mol. The highest BCUT2D eigenvalue weighted by atomic mass is 32.1. The third-order valence-electron chi connectivity index (χ3n) is 4.26. The van der Waals surface area contributed by atoms with Gasteiger partial charge in [-0.1, -0.05) is 0 Å². The lowest BCUT2D eigenvalue weighted by atomic mass is 10.1. The molecule has 1 fully saturated rings. The van der Waals surface area contributed by atoms with Gasteiger partial charge in [0, 0.05) is 36.1 Å². The van der Waals surface area contributed by atoms with Crippen molar-refractivity contribution in [3.63, 3.8) is 0 Å². The molecule has 0 aliphatic carbocycles. The molecule has 0 radical (unpaired) electrons. The maximum Gasteiger partial charge on any atom is 0.275 e. The molecule has 132 valence electrons. The summed E-state index contributed by atoms with van der Waals surface area (Å²) < 4.78 is 0. The lowest BCUT2D eigenvalue weighted by Crippen LogP contribution is -2.27. The average Bonchev–Trinajstić information content (AvgIpc) is 3.28. The molecular formula is C18H22N4O2S. The second kappa shape index (κ2) is 7.76. The van der Waals surface area contributed by atoms with Crippen LogP contribution >= 0.6 is 11.3 Å². The molecule has 1 aromatic heterocycles. The number of nitrogens with two attached hydrogens (primary N) is 1. The second-order valence-electron chi connectivity index (χ2n) is 6.15. The Kier molecular flexibility index (Phi) is 5.45. The van der Waals surface area contributed by atoms with Gasteiger partial charge >= 0.3 is 0 Å². The van der Waals surface area contributed by atoms with Crippen molar-refractivity contribution in [3.05, 3.63) is 45.4 Å². The van der Waals surface area contributed by atoms with Crippen LogP contribution in [-0.4, -0.2) is 41.3 Å². The molecule has 0 saturated carbocycles. The molecule has 0 spiro atoms. The van der Waals surface area contributed by atoms with Gasteiger partial charge in [0.2, 0.25) is 0 Å². The molecule has 6 nitrogen and oxygen atoms in total. The Morgan fingerprint density at radius 2 is 2.08 bits per heavy atom. The average molecular weight is 358 g/mol. The first kappa shape index (κ1) is 17.6. The van der Waals surface area contributed by atoms with Crippen molar-refractivity contribution in [3.8, 4) is 0 Å². The van der Waals surface area contributed by atoms with Gasteiger partial charge in [-0.25, -0.2) is 4.98 Å². The molecular weight excluding hydrogens is 336 g/mol. The summed E-state index contributed by atoms with van der Waals surface area (Å²) in [5.74, 6) is -0.189. The number of likely N-dealkylation sites (tertiary alicyclic amines) is 1. The highest BCUT2D eigenvalue weighted by Crippen LogP contribution is 2.21. The number of thiazole rings is 1. The Hall–Kier alpha value is -2.25. The molecule has 25 heavy (non-hydrogen) atoms. The van der Waals surface area contributed by atoms with Crippen LogP contribution in [0.4, 0.5) is 5.69 Å². The second-order valence-corrected chi connectivity index (χ2v) is 7.09. The van der Waals surface area contributed by atoms with Crippen LogP contribution in [0.1, 0.15) is 44.3 Å². The van der Waals surface area contributed by atoms with E-state index < -0.39 is 0 Å². The van der Waals surface area contributed by atoms with Gasteiger partial charge in [-0.15, -0.1) is 11.3 Å². The van der Waals surface area contributed by atoms with Gasteiger partial charge in [-0.2, -0.15) is 0 Å². The van der Waals surface area contributed by atoms with E-state index in [1.54, 1.807) is 17.5 Å². The first-order chi connectivity index (χ1) is 12.1. The normalized spacial score (nSPS) is 13.9. The number of carbonyl (C=O) groups is 2. The van der Waals surface area contributed by atoms with E-state index in [0.29, 0.717) is 29.9 Å². The zero-order chi connectivity index (χ0) is 17.8. The number of benzene rings is 1. The van der Waals surface area contributed by atoms with Gasteiger partial charge in [-0.3, -0.25) is 9.59 Å². The summed E-state index contributed by atoms with van der Waals surface area (Å²) in [5, 5.41) is 5.46. The van der Waals surface area contributed by atoms with Gasteiger partial charge in [-0.05, 0) is 50.1 Å². The smallest absolute Gasteiger partial charge is 0.275 e. The molecule has 2 heterocycles. The fourth-order valence-corrected chi connectivity index (χ4v) is 3.67. The molecule has 1 aromatic carbocycles. The minimum atomic E-state index is -0.249. The maximum absolute atomic E-state index is 12.4. The number of carbonyl (C=O) groups excluding carboxylic acids is 2. The molecule has 1 saturated heterocycles. The highest BCUT2D eigenvalue weighted by molar-refractivity contribution is 7.09. The Labute approximate surface area is 151 Å². The van der Waals surface area contributed by atoms with Crippen molar-refractivity contribution in [2.75, 3.05) is 25.0 Å².